The molecule has 0 heterocycles. The van der Waals surface area contributed by atoms with Gasteiger partial charge in [0.05, 0.1) is 10.6 Å². The Labute approximate surface area is 145 Å². The van der Waals surface area contributed by atoms with Gasteiger partial charge in [0.25, 0.3) is 0 Å². The molecule has 0 radical (unpaired) electrons. The third-order valence-electron chi connectivity index (χ3n) is 2.88. The molecule has 5 nitrogen and oxygen atoms in total. The molecule has 2 aromatic carbocycles. The first kappa shape index (κ1) is 18.6. The van der Waals surface area contributed by atoms with Gasteiger partial charge >= 0.3 is 18.2 Å². The van der Waals surface area contributed by atoms with Crippen LogP contribution in [-0.2, 0) is 11.0 Å². The topological polar surface area (TPSA) is 67.4 Å². The minimum Gasteiger partial charge on any atom is -0.427 e. The largest absolute Gasteiger partial charge is 0.427 e. The molecule has 0 unspecified atom stereocenters. The molecule has 2 N–H and O–H groups in total. The van der Waals surface area contributed by atoms with Crippen molar-refractivity contribution in [1.29, 1.82) is 0 Å². The van der Waals surface area contributed by atoms with E-state index in [1.165, 1.54) is 37.3 Å². The Morgan fingerprint density at radius 2 is 1.68 bits per heavy atom. The molecule has 9 heteroatoms. The number of amides is 2. The molecule has 132 valence electrons. The standard InChI is InChI=1S/C16H12ClF3N2O3/c1-9(23)25-12-4-2-3-10(7-12)21-15(24)22-11-5-6-14(17)13(8-11)16(18,19)20/h2-8H,1H3,(H2,21,22,24). The van der Waals surface area contributed by atoms with Crippen LogP contribution in [-0.4, -0.2) is 12.0 Å². The predicted octanol–water partition coefficient (Wildman–Crippen LogP) is 4.93. The molecule has 25 heavy (non-hydrogen) atoms. The van der Waals surface area contributed by atoms with Gasteiger partial charge in [0.1, 0.15) is 5.75 Å². The van der Waals surface area contributed by atoms with Gasteiger partial charge in [-0.15, -0.1) is 0 Å². The molecule has 0 bridgehead atoms. The fourth-order valence-corrected chi connectivity index (χ4v) is 2.14. The van der Waals surface area contributed by atoms with Crippen molar-refractivity contribution in [2.45, 2.75) is 13.1 Å². The number of carbonyl (C=O) groups excluding carboxylic acids is 2. The van der Waals surface area contributed by atoms with Gasteiger partial charge in [-0.3, -0.25) is 4.79 Å². The van der Waals surface area contributed by atoms with Crippen LogP contribution in [0.1, 0.15) is 12.5 Å². The summed E-state index contributed by atoms with van der Waals surface area (Å²) in [6, 6.07) is 8.22. The maximum Gasteiger partial charge on any atom is 0.417 e. The third-order valence-corrected chi connectivity index (χ3v) is 3.21. The smallest absolute Gasteiger partial charge is 0.417 e. The van der Waals surface area contributed by atoms with E-state index in [1.807, 2.05) is 0 Å². The average Bonchev–Trinajstić information content (AvgIpc) is 2.47. The third kappa shape index (κ3) is 5.39. The van der Waals surface area contributed by atoms with Crippen LogP contribution >= 0.6 is 11.6 Å². The highest BCUT2D eigenvalue weighted by molar-refractivity contribution is 6.31. The van der Waals surface area contributed by atoms with Crippen LogP contribution in [0.4, 0.5) is 29.3 Å². The number of carbonyl (C=O) groups is 2. The van der Waals surface area contributed by atoms with E-state index in [0.717, 1.165) is 12.1 Å². The minimum absolute atomic E-state index is 0.0784. The molecule has 0 spiro atoms. The number of anilines is 2. The second-order valence-corrected chi connectivity index (χ2v) is 5.30. The van der Waals surface area contributed by atoms with Crippen LogP contribution in [0.3, 0.4) is 0 Å². The van der Waals surface area contributed by atoms with E-state index in [4.69, 9.17) is 16.3 Å². The summed E-state index contributed by atoms with van der Waals surface area (Å²) in [6.07, 6.45) is -4.64. The van der Waals surface area contributed by atoms with E-state index in [2.05, 4.69) is 10.6 Å². The number of alkyl halides is 3. The summed E-state index contributed by atoms with van der Waals surface area (Å²) in [5.74, 6) is -0.307. The van der Waals surface area contributed by atoms with Crippen LogP contribution in [0.25, 0.3) is 0 Å². The molecule has 0 aliphatic rings. The molecule has 0 saturated carbocycles. The maximum atomic E-state index is 12.8. The van der Waals surface area contributed by atoms with Crippen molar-refractivity contribution in [3.05, 3.63) is 53.1 Å². The number of halogens is 4. The second kappa shape index (κ2) is 7.43. The highest BCUT2D eigenvalue weighted by atomic mass is 35.5. The molecular weight excluding hydrogens is 361 g/mol. The van der Waals surface area contributed by atoms with E-state index < -0.39 is 28.8 Å². The van der Waals surface area contributed by atoms with E-state index in [-0.39, 0.29) is 11.4 Å². The van der Waals surface area contributed by atoms with Crippen LogP contribution in [0.15, 0.2) is 42.5 Å². The molecule has 0 aliphatic carbocycles. The van der Waals surface area contributed by atoms with E-state index in [0.29, 0.717) is 5.69 Å². The molecule has 2 aromatic rings. The van der Waals surface area contributed by atoms with E-state index >= 15 is 0 Å². The minimum atomic E-state index is -4.64. The summed E-state index contributed by atoms with van der Waals surface area (Å²) in [6.45, 7) is 1.23. The highest BCUT2D eigenvalue weighted by Crippen LogP contribution is 2.36. The highest BCUT2D eigenvalue weighted by Gasteiger charge is 2.33. The molecule has 0 atom stereocenters. The van der Waals surface area contributed by atoms with Crippen molar-refractivity contribution < 1.29 is 27.5 Å². The van der Waals surface area contributed by atoms with Crippen LogP contribution in [0, 0.1) is 0 Å². The lowest BCUT2D eigenvalue weighted by molar-refractivity contribution is -0.137. The molecular formula is C16H12ClF3N2O3. The number of esters is 1. The summed E-state index contributed by atoms with van der Waals surface area (Å²) >= 11 is 5.52. The van der Waals surface area contributed by atoms with Crippen molar-refractivity contribution >= 4 is 35.0 Å². The number of ether oxygens (including phenoxy) is 1. The quantitative estimate of drug-likeness (QED) is 0.593. The first-order valence-electron chi connectivity index (χ1n) is 6.88. The Morgan fingerprint density at radius 1 is 1.04 bits per heavy atom. The second-order valence-electron chi connectivity index (χ2n) is 4.89. The fourth-order valence-electron chi connectivity index (χ4n) is 1.92. The lowest BCUT2D eigenvalue weighted by Crippen LogP contribution is -2.20. The van der Waals surface area contributed by atoms with Crippen molar-refractivity contribution in [1.82, 2.24) is 0 Å². The summed E-state index contributed by atoms with van der Waals surface area (Å²) in [5, 5.41) is 4.23. The van der Waals surface area contributed by atoms with Gasteiger partial charge in [-0.25, -0.2) is 4.79 Å². The SMILES string of the molecule is CC(=O)Oc1cccc(NC(=O)Nc2ccc(Cl)c(C(F)(F)F)c2)c1. The zero-order chi connectivity index (χ0) is 18.6. The number of hydrogen-bond donors (Lipinski definition) is 2. The fraction of sp³-hybridized carbons (Fsp3) is 0.125. The number of nitrogens with one attached hydrogen (secondary N) is 2. The monoisotopic (exact) mass is 372 g/mol. The zero-order valence-electron chi connectivity index (χ0n) is 12.8. The lowest BCUT2D eigenvalue weighted by Gasteiger charge is -2.12. The Balaban J connectivity index is 2.09. The molecule has 2 amide bonds. The summed E-state index contributed by atoms with van der Waals surface area (Å²) in [4.78, 5) is 22.8. The van der Waals surface area contributed by atoms with Gasteiger partial charge in [-0.2, -0.15) is 13.2 Å². The van der Waals surface area contributed by atoms with Gasteiger partial charge in [-0.1, -0.05) is 17.7 Å². The van der Waals surface area contributed by atoms with Crippen LogP contribution in [0.5, 0.6) is 5.75 Å². The van der Waals surface area contributed by atoms with Gasteiger partial charge < -0.3 is 15.4 Å². The Morgan fingerprint density at radius 3 is 2.28 bits per heavy atom. The zero-order valence-corrected chi connectivity index (χ0v) is 13.5. The van der Waals surface area contributed by atoms with Crippen molar-refractivity contribution in [2.75, 3.05) is 10.6 Å². The van der Waals surface area contributed by atoms with Gasteiger partial charge in [0, 0.05) is 24.4 Å². The van der Waals surface area contributed by atoms with E-state index in [9.17, 15) is 22.8 Å². The normalized spacial score (nSPS) is 10.9. The maximum absolute atomic E-state index is 12.8. The molecule has 0 aliphatic heterocycles. The molecule has 0 saturated heterocycles. The Hall–Kier alpha value is -2.74. The molecule has 0 aromatic heterocycles. The van der Waals surface area contributed by atoms with Crippen LogP contribution < -0.4 is 15.4 Å². The number of hydrogen-bond acceptors (Lipinski definition) is 3. The summed E-state index contributed by atoms with van der Waals surface area (Å²) < 4.78 is 43.3. The molecule has 0 fully saturated rings. The van der Waals surface area contributed by atoms with Crippen molar-refractivity contribution in [3.8, 4) is 5.75 Å². The first-order chi connectivity index (χ1) is 11.6. The number of urea groups is 1. The average molecular weight is 373 g/mol. The van der Waals surface area contributed by atoms with Gasteiger partial charge in [-0.05, 0) is 30.3 Å². The Kier molecular flexibility index (Phi) is 5.53. The van der Waals surface area contributed by atoms with Crippen molar-refractivity contribution in [2.24, 2.45) is 0 Å². The van der Waals surface area contributed by atoms with Gasteiger partial charge in [0.2, 0.25) is 0 Å². The molecule has 2 rings (SSSR count). The van der Waals surface area contributed by atoms with Gasteiger partial charge in [0.15, 0.2) is 0 Å². The van der Waals surface area contributed by atoms with Crippen LogP contribution in [0.2, 0.25) is 5.02 Å². The number of rotatable bonds is 3. The van der Waals surface area contributed by atoms with E-state index in [1.54, 1.807) is 0 Å². The van der Waals surface area contributed by atoms with Crippen molar-refractivity contribution in [3.63, 3.8) is 0 Å². The number of benzene rings is 2. The summed E-state index contributed by atoms with van der Waals surface area (Å²) in [7, 11) is 0. The first-order valence-corrected chi connectivity index (χ1v) is 7.26. The summed E-state index contributed by atoms with van der Waals surface area (Å²) in [5.41, 5.74) is -0.838. The predicted molar refractivity (Wildman–Crippen MR) is 86.8 cm³/mol. The Bertz CT molecular complexity index is 809. The lowest BCUT2D eigenvalue weighted by atomic mass is 10.2.